The number of hydrogen-bond acceptors (Lipinski definition) is 2. The monoisotopic (exact) mass is 316 g/mol. The van der Waals surface area contributed by atoms with Gasteiger partial charge in [0.25, 0.3) is 0 Å². The number of benzene rings is 1. The molecule has 0 atom stereocenters. The van der Waals surface area contributed by atoms with Crippen LogP contribution in [0.25, 0.3) is 0 Å². The van der Waals surface area contributed by atoms with Crippen molar-refractivity contribution in [2.75, 3.05) is 0 Å². The van der Waals surface area contributed by atoms with Crippen LogP contribution in [0.3, 0.4) is 0 Å². The maximum atomic E-state index is 12.7. The lowest BCUT2D eigenvalue weighted by molar-refractivity contribution is -0.137. The molecule has 0 aliphatic rings. The van der Waals surface area contributed by atoms with Gasteiger partial charge in [-0.1, -0.05) is 23.7 Å². The standard InChI is InChI=1S/C14H12ClF3N2O/c1-8(2)20-12(11(15)7-19-20)13(21)9-4-3-5-10(6-9)14(16,17)18/h3-8H,1-2H3. The van der Waals surface area contributed by atoms with Gasteiger partial charge < -0.3 is 0 Å². The Morgan fingerprint density at radius 2 is 2.00 bits per heavy atom. The molecular weight excluding hydrogens is 305 g/mol. The van der Waals surface area contributed by atoms with Crippen LogP contribution in [0.1, 0.15) is 41.5 Å². The number of ketones is 1. The number of hydrogen-bond donors (Lipinski definition) is 0. The lowest BCUT2D eigenvalue weighted by Crippen LogP contribution is -2.15. The Morgan fingerprint density at radius 1 is 1.33 bits per heavy atom. The Morgan fingerprint density at radius 3 is 2.57 bits per heavy atom. The topological polar surface area (TPSA) is 34.9 Å². The van der Waals surface area contributed by atoms with Gasteiger partial charge in [0, 0.05) is 11.6 Å². The first kappa shape index (κ1) is 15.6. The minimum atomic E-state index is -4.50. The normalized spacial score (nSPS) is 12.0. The van der Waals surface area contributed by atoms with Gasteiger partial charge in [0.05, 0.1) is 16.8 Å². The summed E-state index contributed by atoms with van der Waals surface area (Å²) in [5, 5.41) is 4.09. The molecule has 0 bridgehead atoms. The van der Waals surface area contributed by atoms with Gasteiger partial charge in [-0.3, -0.25) is 9.48 Å². The summed E-state index contributed by atoms with van der Waals surface area (Å²) < 4.78 is 39.5. The van der Waals surface area contributed by atoms with Crippen molar-refractivity contribution in [1.82, 2.24) is 9.78 Å². The predicted octanol–water partition coefficient (Wildman–Crippen LogP) is 4.37. The Balaban J connectivity index is 2.49. The number of rotatable bonds is 3. The molecule has 0 fully saturated rings. The Labute approximate surface area is 124 Å². The van der Waals surface area contributed by atoms with Crippen molar-refractivity contribution >= 4 is 17.4 Å². The fraction of sp³-hybridized carbons (Fsp3) is 0.286. The molecule has 0 N–H and O–H groups in total. The summed E-state index contributed by atoms with van der Waals surface area (Å²) in [4.78, 5) is 12.4. The summed E-state index contributed by atoms with van der Waals surface area (Å²) in [7, 11) is 0. The molecule has 0 aliphatic heterocycles. The molecule has 1 heterocycles. The first-order valence-electron chi connectivity index (χ1n) is 6.16. The van der Waals surface area contributed by atoms with Gasteiger partial charge in [0.15, 0.2) is 0 Å². The van der Waals surface area contributed by atoms with E-state index in [9.17, 15) is 18.0 Å². The van der Waals surface area contributed by atoms with E-state index >= 15 is 0 Å². The summed E-state index contributed by atoms with van der Waals surface area (Å²) in [5.74, 6) is -0.586. The number of aromatic nitrogens is 2. The van der Waals surface area contributed by atoms with Crippen LogP contribution in [-0.4, -0.2) is 15.6 Å². The Kier molecular flexibility index (Phi) is 4.09. The van der Waals surface area contributed by atoms with Crippen molar-refractivity contribution in [2.45, 2.75) is 26.1 Å². The maximum Gasteiger partial charge on any atom is 0.416 e. The second-order valence-electron chi connectivity index (χ2n) is 4.79. The van der Waals surface area contributed by atoms with Crippen molar-refractivity contribution in [3.63, 3.8) is 0 Å². The summed E-state index contributed by atoms with van der Waals surface area (Å²) in [6.45, 7) is 3.60. The highest BCUT2D eigenvalue weighted by Gasteiger charge is 2.31. The summed E-state index contributed by atoms with van der Waals surface area (Å²) in [6, 6.07) is 4.11. The highest BCUT2D eigenvalue weighted by Crippen LogP contribution is 2.30. The zero-order valence-corrected chi connectivity index (χ0v) is 12.0. The molecule has 1 aromatic heterocycles. The first-order valence-corrected chi connectivity index (χ1v) is 6.54. The number of carbonyl (C=O) groups excluding carboxylic acids is 1. The molecule has 1 aromatic carbocycles. The lowest BCUT2D eigenvalue weighted by atomic mass is 10.0. The molecule has 21 heavy (non-hydrogen) atoms. The second kappa shape index (κ2) is 5.52. The molecule has 0 saturated heterocycles. The van der Waals surface area contributed by atoms with E-state index in [2.05, 4.69) is 5.10 Å². The third-order valence-corrected chi connectivity index (χ3v) is 3.18. The number of halogens is 4. The van der Waals surface area contributed by atoms with E-state index in [1.54, 1.807) is 13.8 Å². The zero-order chi connectivity index (χ0) is 15.8. The maximum absolute atomic E-state index is 12.7. The van der Waals surface area contributed by atoms with Gasteiger partial charge in [0.2, 0.25) is 5.78 Å². The van der Waals surface area contributed by atoms with Crippen LogP contribution in [-0.2, 0) is 6.18 Å². The third kappa shape index (κ3) is 3.10. The van der Waals surface area contributed by atoms with Crippen LogP contribution in [0, 0.1) is 0 Å². The van der Waals surface area contributed by atoms with E-state index in [0.717, 1.165) is 12.1 Å². The number of nitrogens with zero attached hydrogens (tertiary/aromatic N) is 2. The molecule has 0 amide bonds. The molecule has 112 valence electrons. The second-order valence-corrected chi connectivity index (χ2v) is 5.19. The molecule has 7 heteroatoms. The van der Waals surface area contributed by atoms with Crippen LogP contribution in [0.2, 0.25) is 5.02 Å². The molecule has 3 nitrogen and oxygen atoms in total. The van der Waals surface area contributed by atoms with Crippen molar-refractivity contribution in [3.05, 3.63) is 52.3 Å². The van der Waals surface area contributed by atoms with E-state index in [1.807, 2.05) is 0 Å². The first-order chi connectivity index (χ1) is 9.71. The van der Waals surface area contributed by atoms with Crippen LogP contribution >= 0.6 is 11.6 Å². The molecular formula is C14H12ClF3N2O. The molecule has 2 aromatic rings. The van der Waals surface area contributed by atoms with Crippen molar-refractivity contribution < 1.29 is 18.0 Å². The fourth-order valence-electron chi connectivity index (χ4n) is 1.92. The Hall–Kier alpha value is -1.82. The van der Waals surface area contributed by atoms with Gasteiger partial charge in [-0.25, -0.2) is 0 Å². The van der Waals surface area contributed by atoms with Gasteiger partial charge in [-0.05, 0) is 26.0 Å². The van der Waals surface area contributed by atoms with Crippen LogP contribution < -0.4 is 0 Å². The van der Waals surface area contributed by atoms with E-state index in [-0.39, 0.29) is 22.3 Å². The quantitative estimate of drug-likeness (QED) is 0.788. The molecule has 2 rings (SSSR count). The van der Waals surface area contributed by atoms with Gasteiger partial charge in [-0.2, -0.15) is 18.3 Å². The van der Waals surface area contributed by atoms with Gasteiger partial charge >= 0.3 is 6.18 Å². The van der Waals surface area contributed by atoms with Crippen LogP contribution in [0.5, 0.6) is 0 Å². The fourth-order valence-corrected chi connectivity index (χ4v) is 2.13. The van der Waals surface area contributed by atoms with E-state index < -0.39 is 17.5 Å². The average molecular weight is 317 g/mol. The van der Waals surface area contributed by atoms with E-state index in [1.165, 1.54) is 23.0 Å². The number of alkyl halides is 3. The number of carbonyl (C=O) groups is 1. The Bertz CT molecular complexity index is 677. The highest BCUT2D eigenvalue weighted by molar-refractivity contribution is 6.34. The van der Waals surface area contributed by atoms with Crippen LogP contribution in [0.4, 0.5) is 13.2 Å². The molecule has 0 aliphatic carbocycles. The molecule has 0 saturated carbocycles. The smallest absolute Gasteiger partial charge is 0.287 e. The summed E-state index contributed by atoms with van der Waals surface area (Å²) in [5.41, 5.74) is -0.861. The zero-order valence-electron chi connectivity index (χ0n) is 11.3. The van der Waals surface area contributed by atoms with Crippen molar-refractivity contribution in [3.8, 4) is 0 Å². The van der Waals surface area contributed by atoms with E-state index in [0.29, 0.717) is 0 Å². The average Bonchev–Trinajstić information content (AvgIpc) is 2.79. The lowest BCUT2D eigenvalue weighted by Gasteiger charge is -2.12. The van der Waals surface area contributed by atoms with Gasteiger partial charge in [-0.15, -0.1) is 0 Å². The summed E-state index contributed by atoms with van der Waals surface area (Å²) >= 11 is 5.94. The molecule has 0 radical (unpaired) electrons. The van der Waals surface area contributed by atoms with Crippen molar-refractivity contribution in [1.29, 1.82) is 0 Å². The highest BCUT2D eigenvalue weighted by atomic mass is 35.5. The molecule has 0 spiro atoms. The largest absolute Gasteiger partial charge is 0.416 e. The summed E-state index contributed by atoms with van der Waals surface area (Å²) in [6.07, 6.45) is -3.19. The van der Waals surface area contributed by atoms with Gasteiger partial charge in [0.1, 0.15) is 5.69 Å². The van der Waals surface area contributed by atoms with Crippen molar-refractivity contribution in [2.24, 2.45) is 0 Å². The SMILES string of the molecule is CC(C)n1ncc(Cl)c1C(=O)c1cccc(C(F)(F)F)c1. The van der Waals surface area contributed by atoms with Crippen LogP contribution in [0.15, 0.2) is 30.5 Å². The minimum absolute atomic E-state index is 0.0749. The minimum Gasteiger partial charge on any atom is -0.287 e. The predicted molar refractivity (Wildman–Crippen MR) is 72.5 cm³/mol. The molecule has 0 unspecified atom stereocenters. The van der Waals surface area contributed by atoms with E-state index in [4.69, 9.17) is 11.6 Å². The third-order valence-electron chi connectivity index (χ3n) is 2.91.